The summed E-state index contributed by atoms with van der Waals surface area (Å²) in [6.45, 7) is 1.76. The van der Waals surface area contributed by atoms with Crippen molar-refractivity contribution in [1.29, 1.82) is 0 Å². The molecule has 1 aromatic carbocycles. The van der Waals surface area contributed by atoms with E-state index in [1.807, 2.05) is 6.92 Å². The first-order valence-corrected chi connectivity index (χ1v) is 13.4. The largest absolute Gasteiger partial charge is 0.491 e. The highest BCUT2D eigenvalue weighted by molar-refractivity contribution is 7.87. The van der Waals surface area contributed by atoms with Gasteiger partial charge >= 0.3 is 22.5 Å². The fourth-order valence-electron chi connectivity index (χ4n) is 3.09. The molecule has 0 spiro atoms. The third kappa shape index (κ3) is 9.49. The lowest BCUT2D eigenvalue weighted by Crippen LogP contribution is -2.43. The van der Waals surface area contributed by atoms with Gasteiger partial charge in [-0.15, -0.1) is 0 Å². The zero-order valence-corrected chi connectivity index (χ0v) is 22.3. The Hall–Kier alpha value is -2.81. The van der Waals surface area contributed by atoms with Crippen molar-refractivity contribution in [2.75, 3.05) is 26.9 Å². The molecule has 38 heavy (non-hydrogen) atoms. The van der Waals surface area contributed by atoms with Crippen molar-refractivity contribution in [3.8, 4) is 17.4 Å². The molecule has 0 unspecified atom stereocenters. The molecule has 0 saturated heterocycles. The molecule has 15 heteroatoms. The second kappa shape index (κ2) is 14.4. The summed E-state index contributed by atoms with van der Waals surface area (Å²) in [7, 11) is -2.97. The molecule has 0 saturated carbocycles. The minimum absolute atomic E-state index is 0.0484. The Morgan fingerprint density at radius 2 is 1.92 bits per heavy atom. The van der Waals surface area contributed by atoms with E-state index in [0.717, 1.165) is 19.3 Å². The van der Waals surface area contributed by atoms with Gasteiger partial charge in [-0.05, 0) is 24.6 Å². The molecule has 2 aromatic rings. The molecule has 212 valence electrons. The van der Waals surface area contributed by atoms with Gasteiger partial charge in [0.2, 0.25) is 5.88 Å². The summed E-state index contributed by atoms with van der Waals surface area (Å²) in [4.78, 5) is 15.5. The van der Waals surface area contributed by atoms with Gasteiger partial charge in [0.05, 0.1) is 18.7 Å². The Kier molecular flexibility index (Phi) is 11.9. The van der Waals surface area contributed by atoms with E-state index in [2.05, 4.69) is 9.71 Å². The number of nitrogens with one attached hydrogen (secondary N) is 1. The van der Waals surface area contributed by atoms with E-state index in [4.69, 9.17) is 25.8 Å². The summed E-state index contributed by atoms with van der Waals surface area (Å²) < 4.78 is 82.9. The number of carbonyl (C=O) groups is 1. The van der Waals surface area contributed by atoms with Crippen molar-refractivity contribution >= 4 is 27.9 Å². The molecule has 1 heterocycles. The first kappa shape index (κ1) is 31.4. The summed E-state index contributed by atoms with van der Waals surface area (Å²) in [6.07, 6.45) is -2.76. The number of alkyl halides is 3. The van der Waals surface area contributed by atoms with Crippen LogP contribution in [-0.4, -0.2) is 55.8 Å². The number of hydrogen-bond acceptors (Lipinski definition) is 7. The molecule has 0 aliphatic rings. The van der Waals surface area contributed by atoms with Crippen LogP contribution in [0.1, 0.15) is 43.7 Å². The van der Waals surface area contributed by atoms with Crippen LogP contribution in [0, 0.1) is 0 Å². The molecule has 0 atom stereocenters. The average Bonchev–Trinajstić information content (AvgIpc) is 2.83. The summed E-state index contributed by atoms with van der Waals surface area (Å²) in [6, 6.07) is 4.75. The number of rotatable bonds is 15. The Morgan fingerprint density at radius 3 is 2.53 bits per heavy atom. The van der Waals surface area contributed by atoms with Crippen LogP contribution >= 0.6 is 11.6 Å². The Bertz CT molecular complexity index is 1180. The predicted molar refractivity (Wildman–Crippen MR) is 133 cm³/mol. The predicted octanol–water partition coefficient (Wildman–Crippen LogP) is 5.47. The summed E-state index contributed by atoms with van der Waals surface area (Å²) >= 11 is 5.96. The maximum absolute atomic E-state index is 13.0. The van der Waals surface area contributed by atoms with Crippen molar-refractivity contribution in [1.82, 2.24) is 14.0 Å². The van der Waals surface area contributed by atoms with E-state index < -0.39 is 45.5 Å². The number of methoxy groups -OCH3 is 1. The normalized spacial score (nSPS) is 11.8. The highest BCUT2D eigenvalue weighted by Gasteiger charge is 2.32. The van der Waals surface area contributed by atoms with E-state index in [1.165, 1.54) is 25.3 Å². The molecule has 2 N–H and O–H groups in total. The quantitative estimate of drug-likeness (QED) is 0.264. The van der Waals surface area contributed by atoms with Crippen molar-refractivity contribution in [3.63, 3.8) is 0 Å². The van der Waals surface area contributed by atoms with E-state index in [0.29, 0.717) is 18.7 Å². The second-order valence-electron chi connectivity index (χ2n) is 7.97. The second-order valence-corrected chi connectivity index (χ2v) is 10.1. The standard InChI is InChI=1S/C23H29ClF3N3O7S/c1-3-4-5-6-9-29-38(33,34)30(22(31)32)15-16-7-8-18(36-11-10-35-2)13-20(16)37-21-19(24)12-17(14-28-21)23(25,26)27/h7-8,12-14,29H,3-6,9-11,15H2,1-2H3,(H,31,32). The zero-order chi connectivity index (χ0) is 28.3. The van der Waals surface area contributed by atoms with Crippen molar-refractivity contribution in [2.45, 2.75) is 45.3 Å². The van der Waals surface area contributed by atoms with Gasteiger partial charge in [0.1, 0.15) is 23.1 Å². The summed E-state index contributed by atoms with van der Waals surface area (Å²) in [5, 5.41) is 9.16. The van der Waals surface area contributed by atoms with Gasteiger partial charge in [0.15, 0.2) is 0 Å². The lowest BCUT2D eigenvalue weighted by atomic mass is 10.2. The van der Waals surface area contributed by atoms with Gasteiger partial charge in [-0.25, -0.2) is 9.78 Å². The number of amides is 1. The molecular formula is C23H29ClF3N3O7S. The van der Waals surface area contributed by atoms with Crippen LogP contribution in [0.2, 0.25) is 5.02 Å². The highest BCUT2D eigenvalue weighted by atomic mass is 35.5. The van der Waals surface area contributed by atoms with Crippen LogP contribution in [0.15, 0.2) is 30.5 Å². The number of nitrogens with zero attached hydrogens (tertiary/aromatic N) is 2. The summed E-state index contributed by atoms with van der Waals surface area (Å²) in [5.41, 5.74) is -1.04. The van der Waals surface area contributed by atoms with Crippen LogP contribution in [0.25, 0.3) is 0 Å². The molecule has 1 aromatic heterocycles. The van der Waals surface area contributed by atoms with Crippen LogP contribution in [-0.2, 0) is 27.7 Å². The molecule has 0 aliphatic carbocycles. The van der Waals surface area contributed by atoms with Gasteiger partial charge in [-0.3, -0.25) is 0 Å². The van der Waals surface area contributed by atoms with Gasteiger partial charge in [-0.1, -0.05) is 37.8 Å². The smallest absolute Gasteiger partial charge is 0.422 e. The number of unbranched alkanes of at least 4 members (excludes halogenated alkanes) is 3. The molecule has 0 radical (unpaired) electrons. The molecular weight excluding hydrogens is 555 g/mol. The van der Waals surface area contributed by atoms with E-state index >= 15 is 0 Å². The SMILES string of the molecule is CCCCCCNS(=O)(=O)N(Cc1ccc(OCCOC)cc1Oc1ncc(C(F)(F)F)cc1Cl)C(=O)O. The van der Waals surface area contributed by atoms with Crippen LogP contribution in [0.3, 0.4) is 0 Å². The molecule has 0 bridgehead atoms. The lowest BCUT2D eigenvalue weighted by molar-refractivity contribution is -0.137. The zero-order valence-electron chi connectivity index (χ0n) is 20.8. The highest BCUT2D eigenvalue weighted by Crippen LogP contribution is 2.36. The minimum Gasteiger partial charge on any atom is -0.491 e. The monoisotopic (exact) mass is 583 g/mol. The fourth-order valence-corrected chi connectivity index (χ4v) is 4.37. The lowest BCUT2D eigenvalue weighted by Gasteiger charge is -2.21. The van der Waals surface area contributed by atoms with E-state index in [1.54, 1.807) is 0 Å². The van der Waals surface area contributed by atoms with Gasteiger partial charge in [0, 0.05) is 31.5 Å². The third-order valence-electron chi connectivity index (χ3n) is 5.07. The first-order valence-electron chi connectivity index (χ1n) is 11.5. The minimum atomic E-state index is -4.69. The number of halogens is 4. The van der Waals surface area contributed by atoms with Crippen LogP contribution in [0.5, 0.6) is 17.4 Å². The van der Waals surface area contributed by atoms with Crippen molar-refractivity contribution in [2.24, 2.45) is 0 Å². The molecule has 0 aliphatic heterocycles. The van der Waals surface area contributed by atoms with Gasteiger partial charge < -0.3 is 19.3 Å². The van der Waals surface area contributed by atoms with Gasteiger partial charge in [-0.2, -0.15) is 30.6 Å². The molecule has 1 amide bonds. The number of benzene rings is 1. The number of pyridine rings is 1. The van der Waals surface area contributed by atoms with Crippen LogP contribution < -0.4 is 14.2 Å². The number of ether oxygens (including phenoxy) is 3. The summed E-state index contributed by atoms with van der Waals surface area (Å²) in [5.74, 6) is -0.296. The topological polar surface area (TPSA) is 127 Å². The van der Waals surface area contributed by atoms with Crippen LogP contribution in [0.4, 0.5) is 18.0 Å². The Morgan fingerprint density at radius 1 is 1.18 bits per heavy atom. The fraction of sp³-hybridized carbons (Fsp3) is 0.478. The van der Waals surface area contributed by atoms with E-state index in [9.17, 15) is 31.5 Å². The molecule has 10 nitrogen and oxygen atoms in total. The van der Waals surface area contributed by atoms with Gasteiger partial charge in [0.25, 0.3) is 0 Å². The number of carboxylic acid groups (broad SMARTS) is 1. The maximum Gasteiger partial charge on any atom is 0.422 e. The number of aromatic nitrogens is 1. The number of hydrogen-bond donors (Lipinski definition) is 2. The Labute approximate surface area is 223 Å². The molecule has 0 fully saturated rings. The van der Waals surface area contributed by atoms with E-state index in [-0.39, 0.29) is 41.1 Å². The first-order chi connectivity index (χ1) is 17.9. The third-order valence-corrected chi connectivity index (χ3v) is 6.77. The van der Waals surface area contributed by atoms with Crippen molar-refractivity contribution in [3.05, 3.63) is 46.6 Å². The average molecular weight is 584 g/mol. The molecule has 2 rings (SSSR count). The van der Waals surface area contributed by atoms with Crippen molar-refractivity contribution < 1.29 is 45.7 Å². The maximum atomic E-state index is 13.0. The Balaban J connectivity index is 2.37.